The number of piperidine rings is 1. The van der Waals surface area contributed by atoms with Crippen LogP contribution in [0.3, 0.4) is 0 Å². The molecule has 7 nitrogen and oxygen atoms in total. The SMILES string of the molecule is COc1ccc(NS(=O)(=O)c2cc(C(=O)N3CCC(OCc4ccccc4)CC3)ccc2C)cc1. The number of aryl methyl sites for hydroxylation is 1. The molecule has 4 rings (SSSR count). The molecular formula is C27H30N2O5S. The third-order valence-electron chi connectivity index (χ3n) is 6.12. The van der Waals surface area contributed by atoms with Crippen LogP contribution in [0.4, 0.5) is 5.69 Å². The zero-order chi connectivity index (χ0) is 24.8. The molecule has 1 amide bonds. The number of hydrogen-bond acceptors (Lipinski definition) is 5. The van der Waals surface area contributed by atoms with Crippen molar-refractivity contribution >= 4 is 21.6 Å². The van der Waals surface area contributed by atoms with Crippen molar-refractivity contribution in [2.24, 2.45) is 0 Å². The van der Waals surface area contributed by atoms with E-state index in [1.807, 2.05) is 30.3 Å². The molecule has 0 spiro atoms. The maximum atomic E-state index is 13.2. The van der Waals surface area contributed by atoms with Gasteiger partial charge in [0.2, 0.25) is 0 Å². The second-order valence-electron chi connectivity index (χ2n) is 8.60. The first kappa shape index (κ1) is 24.8. The topological polar surface area (TPSA) is 84.9 Å². The van der Waals surface area contributed by atoms with E-state index in [4.69, 9.17) is 9.47 Å². The number of methoxy groups -OCH3 is 1. The zero-order valence-corrected chi connectivity index (χ0v) is 20.8. The molecule has 3 aromatic carbocycles. The van der Waals surface area contributed by atoms with Gasteiger partial charge in [-0.05, 0) is 67.3 Å². The minimum Gasteiger partial charge on any atom is -0.497 e. The van der Waals surface area contributed by atoms with Gasteiger partial charge in [0.25, 0.3) is 15.9 Å². The lowest BCUT2D eigenvalue weighted by Gasteiger charge is -2.32. The van der Waals surface area contributed by atoms with Crippen molar-refractivity contribution in [3.05, 3.63) is 89.5 Å². The monoisotopic (exact) mass is 494 g/mol. The van der Waals surface area contributed by atoms with Crippen LogP contribution in [0, 0.1) is 6.92 Å². The molecule has 1 aliphatic heterocycles. The predicted molar refractivity (Wildman–Crippen MR) is 135 cm³/mol. The molecule has 0 aromatic heterocycles. The zero-order valence-electron chi connectivity index (χ0n) is 19.9. The van der Waals surface area contributed by atoms with Crippen molar-refractivity contribution < 1.29 is 22.7 Å². The van der Waals surface area contributed by atoms with Crippen molar-refractivity contribution in [2.45, 2.75) is 37.4 Å². The highest BCUT2D eigenvalue weighted by Crippen LogP contribution is 2.24. The molecule has 1 aliphatic rings. The van der Waals surface area contributed by atoms with E-state index in [0.29, 0.717) is 42.3 Å². The lowest BCUT2D eigenvalue weighted by atomic mass is 10.1. The number of amides is 1. The molecule has 0 unspecified atom stereocenters. The third-order valence-corrected chi connectivity index (χ3v) is 7.65. The number of carbonyl (C=O) groups excluding carboxylic acids is 1. The van der Waals surface area contributed by atoms with Gasteiger partial charge in [0.1, 0.15) is 5.75 Å². The van der Waals surface area contributed by atoms with Crippen molar-refractivity contribution in [3.63, 3.8) is 0 Å². The van der Waals surface area contributed by atoms with Crippen LogP contribution < -0.4 is 9.46 Å². The van der Waals surface area contributed by atoms with Crippen molar-refractivity contribution in [3.8, 4) is 5.75 Å². The second-order valence-corrected chi connectivity index (χ2v) is 10.3. The van der Waals surface area contributed by atoms with E-state index in [2.05, 4.69) is 4.72 Å². The summed E-state index contributed by atoms with van der Waals surface area (Å²) in [6, 6.07) is 21.5. The first-order valence-corrected chi connectivity index (χ1v) is 13.1. The molecule has 1 saturated heterocycles. The normalized spacial score (nSPS) is 14.5. The molecule has 184 valence electrons. The van der Waals surface area contributed by atoms with E-state index in [9.17, 15) is 13.2 Å². The Labute approximate surface area is 206 Å². The average Bonchev–Trinajstić information content (AvgIpc) is 2.88. The molecule has 3 aromatic rings. The summed E-state index contributed by atoms with van der Waals surface area (Å²) in [5, 5.41) is 0. The summed E-state index contributed by atoms with van der Waals surface area (Å²) in [5.74, 6) is 0.457. The molecule has 35 heavy (non-hydrogen) atoms. The van der Waals surface area contributed by atoms with Crippen LogP contribution in [0.2, 0.25) is 0 Å². The number of nitrogens with one attached hydrogen (secondary N) is 1. The van der Waals surface area contributed by atoms with E-state index in [1.54, 1.807) is 55.3 Å². The number of carbonyl (C=O) groups is 1. The first-order chi connectivity index (χ1) is 16.9. The van der Waals surface area contributed by atoms with E-state index >= 15 is 0 Å². The van der Waals surface area contributed by atoms with Crippen LogP contribution in [-0.4, -0.2) is 45.5 Å². The number of benzene rings is 3. The summed E-state index contributed by atoms with van der Waals surface area (Å²) in [4.78, 5) is 15.0. The molecular weight excluding hydrogens is 464 g/mol. The molecule has 1 fully saturated rings. The highest BCUT2D eigenvalue weighted by atomic mass is 32.2. The fourth-order valence-corrected chi connectivity index (χ4v) is 5.42. The third kappa shape index (κ3) is 6.21. The Morgan fingerprint density at radius 3 is 2.34 bits per heavy atom. The summed E-state index contributed by atoms with van der Waals surface area (Å²) in [7, 11) is -2.33. The molecule has 8 heteroatoms. The number of nitrogens with zero attached hydrogens (tertiary/aromatic N) is 1. The Balaban J connectivity index is 1.40. The lowest BCUT2D eigenvalue weighted by molar-refractivity contribution is -0.000385. The Bertz CT molecular complexity index is 1250. The van der Waals surface area contributed by atoms with Crippen LogP contribution >= 0.6 is 0 Å². The van der Waals surface area contributed by atoms with Gasteiger partial charge in [-0.25, -0.2) is 8.42 Å². The second kappa shape index (κ2) is 10.9. The van der Waals surface area contributed by atoms with Gasteiger partial charge in [-0.3, -0.25) is 9.52 Å². The Hall–Kier alpha value is -3.36. The number of ether oxygens (including phenoxy) is 2. The smallest absolute Gasteiger partial charge is 0.262 e. The molecule has 0 saturated carbocycles. The highest BCUT2D eigenvalue weighted by Gasteiger charge is 2.26. The summed E-state index contributed by atoms with van der Waals surface area (Å²) in [5.41, 5.74) is 2.46. The fraction of sp³-hybridized carbons (Fsp3) is 0.296. The Kier molecular flexibility index (Phi) is 7.73. The molecule has 0 radical (unpaired) electrons. The molecule has 0 bridgehead atoms. The highest BCUT2D eigenvalue weighted by molar-refractivity contribution is 7.92. The van der Waals surface area contributed by atoms with E-state index < -0.39 is 10.0 Å². The van der Waals surface area contributed by atoms with Crippen LogP contribution in [-0.2, 0) is 21.4 Å². The Morgan fingerprint density at radius 2 is 1.69 bits per heavy atom. The predicted octanol–water partition coefficient (Wildman–Crippen LogP) is 4.63. The maximum Gasteiger partial charge on any atom is 0.262 e. The summed E-state index contributed by atoms with van der Waals surface area (Å²) in [6.07, 6.45) is 1.59. The van der Waals surface area contributed by atoms with Gasteiger partial charge < -0.3 is 14.4 Å². The summed E-state index contributed by atoms with van der Waals surface area (Å²) in [6.45, 7) is 3.41. The van der Waals surface area contributed by atoms with Gasteiger partial charge in [0.05, 0.1) is 24.7 Å². The van der Waals surface area contributed by atoms with Crippen LogP contribution in [0.15, 0.2) is 77.7 Å². The fourth-order valence-electron chi connectivity index (χ4n) is 4.09. The first-order valence-electron chi connectivity index (χ1n) is 11.6. The van der Waals surface area contributed by atoms with Crippen molar-refractivity contribution in [1.82, 2.24) is 4.90 Å². The number of hydrogen-bond donors (Lipinski definition) is 1. The number of rotatable bonds is 8. The van der Waals surface area contributed by atoms with Crippen molar-refractivity contribution in [1.29, 1.82) is 0 Å². The van der Waals surface area contributed by atoms with Gasteiger partial charge in [0.15, 0.2) is 0 Å². The van der Waals surface area contributed by atoms with Crippen LogP contribution in [0.1, 0.15) is 34.3 Å². The minimum absolute atomic E-state index is 0.0836. The number of anilines is 1. The average molecular weight is 495 g/mol. The maximum absolute atomic E-state index is 13.2. The quantitative estimate of drug-likeness (QED) is 0.494. The largest absolute Gasteiger partial charge is 0.497 e. The molecule has 1 heterocycles. The number of sulfonamides is 1. The van der Waals surface area contributed by atoms with Gasteiger partial charge in [-0.15, -0.1) is 0 Å². The van der Waals surface area contributed by atoms with E-state index in [1.165, 1.54) is 6.07 Å². The van der Waals surface area contributed by atoms with Gasteiger partial charge in [-0.1, -0.05) is 36.4 Å². The molecule has 0 atom stereocenters. The van der Waals surface area contributed by atoms with E-state index in [-0.39, 0.29) is 16.9 Å². The number of likely N-dealkylation sites (tertiary alicyclic amines) is 1. The van der Waals surface area contributed by atoms with Crippen molar-refractivity contribution in [2.75, 3.05) is 24.9 Å². The van der Waals surface area contributed by atoms with E-state index in [0.717, 1.165) is 18.4 Å². The lowest BCUT2D eigenvalue weighted by Crippen LogP contribution is -2.41. The molecule has 0 aliphatic carbocycles. The van der Waals surface area contributed by atoms with Gasteiger partial charge in [-0.2, -0.15) is 0 Å². The van der Waals surface area contributed by atoms with Gasteiger partial charge in [0, 0.05) is 24.3 Å². The Morgan fingerprint density at radius 1 is 1.00 bits per heavy atom. The summed E-state index contributed by atoms with van der Waals surface area (Å²) >= 11 is 0. The van der Waals surface area contributed by atoms with Crippen LogP contribution in [0.25, 0.3) is 0 Å². The van der Waals surface area contributed by atoms with Crippen LogP contribution in [0.5, 0.6) is 5.75 Å². The summed E-state index contributed by atoms with van der Waals surface area (Å²) < 4.78 is 39.9. The minimum atomic E-state index is -3.87. The van der Waals surface area contributed by atoms with Gasteiger partial charge >= 0.3 is 0 Å². The molecule has 1 N–H and O–H groups in total. The standard InChI is InChI=1S/C27H30N2O5S/c1-20-8-9-22(18-26(20)35(31,32)28-23-10-12-24(33-2)13-11-23)27(30)29-16-14-25(15-17-29)34-19-21-6-4-3-5-7-21/h3-13,18,25,28H,14-17,19H2,1-2H3.